The fraction of sp³-hybridized carbons (Fsp3) is 0.818. The Morgan fingerprint density at radius 3 is 1.53 bits per heavy atom. The zero-order valence-electron chi connectivity index (χ0n) is 9.62. The fourth-order valence-corrected chi connectivity index (χ4v) is 1.61. The Kier molecular flexibility index (Phi) is 5.33. The maximum Gasteiger partial charge on any atom is 0.303 e. The number of rotatable bonds is 6. The number of carboxylic acid groups (broad SMARTS) is 2. The smallest absolute Gasteiger partial charge is 0.303 e. The molecule has 0 saturated carbocycles. The average Bonchev–Trinajstić information content (AvgIpc) is 2.00. The van der Waals surface area contributed by atoms with Gasteiger partial charge in [-0.2, -0.15) is 0 Å². The largest absolute Gasteiger partial charge is 0.481 e. The zero-order valence-corrected chi connectivity index (χ0v) is 9.62. The Labute approximate surface area is 90.3 Å². The summed E-state index contributed by atoms with van der Waals surface area (Å²) < 4.78 is 0. The van der Waals surface area contributed by atoms with Gasteiger partial charge in [0.15, 0.2) is 0 Å². The van der Waals surface area contributed by atoms with Crippen LogP contribution in [0.4, 0.5) is 0 Å². The maximum atomic E-state index is 10.5. The highest BCUT2D eigenvalue weighted by Crippen LogP contribution is 2.33. The number of aliphatic carboxylic acids is 2. The molecule has 0 spiro atoms. The summed E-state index contributed by atoms with van der Waals surface area (Å²) in [6.07, 6.45) is 1.32. The summed E-state index contributed by atoms with van der Waals surface area (Å²) in [6.45, 7) is 6.05. The molecule has 0 aromatic heterocycles. The van der Waals surface area contributed by atoms with E-state index in [1.54, 1.807) is 0 Å². The fourth-order valence-electron chi connectivity index (χ4n) is 1.61. The lowest BCUT2D eigenvalue weighted by atomic mass is 9.75. The van der Waals surface area contributed by atoms with Gasteiger partial charge in [-0.1, -0.05) is 20.8 Å². The van der Waals surface area contributed by atoms with E-state index in [2.05, 4.69) is 0 Å². The molecule has 0 radical (unpaired) electrons. The van der Waals surface area contributed by atoms with Gasteiger partial charge in [-0.25, -0.2) is 0 Å². The molecule has 0 fully saturated rings. The van der Waals surface area contributed by atoms with Crippen molar-refractivity contribution in [2.45, 2.75) is 46.5 Å². The van der Waals surface area contributed by atoms with Gasteiger partial charge in [0.25, 0.3) is 0 Å². The standard InChI is InChI=1S/C11H20O4/c1-11(2,3)8(4-6-9(12)13)5-7-10(14)15/h8H,4-7H2,1-3H3,(H,12,13)(H,14,15). The Morgan fingerprint density at radius 1 is 1.00 bits per heavy atom. The molecule has 0 rings (SSSR count). The first-order valence-electron chi connectivity index (χ1n) is 5.17. The quantitative estimate of drug-likeness (QED) is 0.714. The minimum Gasteiger partial charge on any atom is -0.481 e. The predicted molar refractivity (Wildman–Crippen MR) is 56.7 cm³/mol. The molecule has 2 N–H and O–H groups in total. The van der Waals surface area contributed by atoms with Crippen molar-refractivity contribution >= 4 is 11.9 Å². The van der Waals surface area contributed by atoms with E-state index in [0.717, 1.165) is 0 Å². The molecule has 88 valence electrons. The first kappa shape index (κ1) is 13.9. The number of hydrogen-bond acceptors (Lipinski definition) is 2. The summed E-state index contributed by atoms with van der Waals surface area (Å²) in [5, 5.41) is 17.2. The Hall–Kier alpha value is -1.06. The lowest BCUT2D eigenvalue weighted by Crippen LogP contribution is -2.22. The molecule has 0 aliphatic heterocycles. The van der Waals surface area contributed by atoms with Gasteiger partial charge in [-0.3, -0.25) is 9.59 Å². The third kappa shape index (κ3) is 6.94. The Morgan fingerprint density at radius 2 is 1.33 bits per heavy atom. The van der Waals surface area contributed by atoms with E-state index in [-0.39, 0.29) is 24.2 Å². The molecule has 0 heterocycles. The third-order valence-electron chi connectivity index (χ3n) is 2.64. The number of carboxylic acids is 2. The van der Waals surface area contributed by atoms with E-state index in [9.17, 15) is 9.59 Å². The summed E-state index contributed by atoms with van der Waals surface area (Å²) in [5.74, 6) is -1.50. The molecular weight excluding hydrogens is 196 g/mol. The van der Waals surface area contributed by atoms with Crippen molar-refractivity contribution in [1.29, 1.82) is 0 Å². The molecule has 0 atom stereocenters. The van der Waals surface area contributed by atoms with Gasteiger partial charge >= 0.3 is 11.9 Å². The molecule has 0 unspecified atom stereocenters. The molecule has 0 aromatic rings. The molecule has 0 aliphatic rings. The summed E-state index contributed by atoms with van der Waals surface area (Å²) in [7, 11) is 0. The van der Waals surface area contributed by atoms with Crippen molar-refractivity contribution in [1.82, 2.24) is 0 Å². The molecule has 4 heteroatoms. The number of carbonyl (C=O) groups is 2. The predicted octanol–water partition coefficient (Wildman–Crippen LogP) is 2.38. The number of hydrogen-bond donors (Lipinski definition) is 2. The highest BCUT2D eigenvalue weighted by Gasteiger charge is 2.25. The maximum absolute atomic E-state index is 10.5. The van der Waals surface area contributed by atoms with Crippen LogP contribution in [0.2, 0.25) is 0 Å². The lowest BCUT2D eigenvalue weighted by Gasteiger charge is -2.30. The van der Waals surface area contributed by atoms with Gasteiger partial charge in [0.2, 0.25) is 0 Å². The second-order valence-corrected chi connectivity index (χ2v) is 4.93. The van der Waals surface area contributed by atoms with E-state index in [4.69, 9.17) is 10.2 Å². The second-order valence-electron chi connectivity index (χ2n) is 4.93. The average molecular weight is 216 g/mol. The molecule has 0 aliphatic carbocycles. The third-order valence-corrected chi connectivity index (χ3v) is 2.64. The van der Waals surface area contributed by atoms with Crippen molar-refractivity contribution in [2.24, 2.45) is 11.3 Å². The van der Waals surface area contributed by atoms with Gasteiger partial charge in [0, 0.05) is 12.8 Å². The minimum absolute atomic E-state index is 0.0368. The van der Waals surface area contributed by atoms with Crippen LogP contribution in [-0.2, 0) is 9.59 Å². The van der Waals surface area contributed by atoms with Crippen molar-refractivity contribution in [2.75, 3.05) is 0 Å². The van der Waals surface area contributed by atoms with E-state index < -0.39 is 11.9 Å². The lowest BCUT2D eigenvalue weighted by molar-refractivity contribution is -0.137. The molecular formula is C11H20O4. The van der Waals surface area contributed by atoms with Crippen molar-refractivity contribution in [3.63, 3.8) is 0 Å². The summed E-state index contributed by atoms with van der Waals surface area (Å²) in [4.78, 5) is 20.9. The van der Waals surface area contributed by atoms with Gasteiger partial charge < -0.3 is 10.2 Å². The van der Waals surface area contributed by atoms with Crippen LogP contribution < -0.4 is 0 Å². The monoisotopic (exact) mass is 216 g/mol. The molecule has 0 amide bonds. The highest BCUT2D eigenvalue weighted by molar-refractivity contribution is 5.67. The zero-order chi connectivity index (χ0) is 12.1. The van der Waals surface area contributed by atoms with E-state index in [1.807, 2.05) is 20.8 Å². The summed E-state index contributed by atoms with van der Waals surface area (Å²) in [5.41, 5.74) is -0.0368. The molecule has 0 bridgehead atoms. The first-order chi connectivity index (χ1) is 6.73. The Bertz CT molecular complexity index is 209. The van der Waals surface area contributed by atoms with Crippen LogP contribution in [0.1, 0.15) is 46.5 Å². The van der Waals surface area contributed by atoms with Crippen molar-refractivity contribution in [3.05, 3.63) is 0 Å². The topological polar surface area (TPSA) is 74.6 Å². The molecule has 4 nitrogen and oxygen atoms in total. The van der Waals surface area contributed by atoms with Crippen LogP contribution in [-0.4, -0.2) is 22.2 Å². The first-order valence-corrected chi connectivity index (χ1v) is 5.17. The van der Waals surface area contributed by atoms with Crippen LogP contribution in [0.5, 0.6) is 0 Å². The molecule has 15 heavy (non-hydrogen) atoms. The van der Waals surface area contributed by atoms with Gasteiger partial charge in [0.1, 0.15) is 0 Å². The van der Waals surface area contributed by atoms with Crippen molar-refractivity contribution < 1.29 is 19.8 Å². The van der Waals surface area contributed by atoms with Crippen LogP contribution in [0, 0.1) is 11.3 Å². The van der Waals surface area contributed by atoms with Gasteiger partial charge in [-0.05, 0) is 24.2 Å². The van der Waals surface area contributed by atoms with Crippen LogP contribution in [0.15, 0.2) is 0 Å². The van der Waals surface area contributed by atoms with E-state index >= 15 is 0 Å². The van der Waals surface area contributed by atoms with Crippen LogP contribution in [0.3, 0.4) is 0 Å². The molecule has 0 aromatic carbocycles. The minimum atomic E-state index is -0.820. The van der Waals surface area contributed by atoms with E-state index in [1.165, 1.54) is 0 Å². The Balaban J connectivity index is 4.19. The van der Waals surface area contributed by atoms with Gasteiger partial charge in [0.05, 0.1) is 0 Å². The normalized spacial score (nSPS) is 11.7. The highest BCUT2D eigenvalue weighted by atomic mass is 16.4. The van der Waals surface area contributed by atoms with Crippen LogP contribution >= 0.6 is 0 Å². The van der Waals surface area contributed by atoms with E-state index in [0.29, 0.717) is 12.8 Å². The molecule has 0 saturated heterocycles. The SMILES string of the molecule is CC(C)(C)C(CCC(=O)O)CCC(=O)O. The van der Waals surface area contributed by atoms with Crippen LogP contribution in [0.25, 0.3) is 0 Å². The van der Waals surface area contributed by atoms with Crippen molar-refractivity contribution in [3.8, 4) is 0 Å². The second kappa shape index (κ2) is 5.73. The van der Waals surface area contributed by atoms with Gasteiger partial charge in [-0.15, -0.1) is 0 Å². The summed E-state index contributed by atoms with van der Waals surface area (Å²) in [6, 6.07) is 0. The summed E-state index contributed by atoms with van der Waals surface area (Å²) >= 11 is 0.